The lowest BCUT2D eigenvalue weighted by Gasteiger charge is -2.12. The fourth-order valence-corrected chi connectivity index (χ4v) is 2.89. The number of ether oxygens (including phenoxy) is 2. The van der Waals surface area contributed by atoms with Gasteiger partial charge in [-0.25, -0.2) is 13.6 Å². The van der Waals surface area contributed by atoms with Crippen molar-refractivity contribution in [1.82, 2.24) is 0 Å². The van der Waals surface area contributed by atoms with Gasteiger partial charge in [-0.3, -0.25) is 4.79 Å². The van der Waals surface area contributed by atoms with E-state index in [9.17, 15) is 18.4 Å². The van der Waals surface area contributed by atoms with Crippen molar-refractivity contribution in [3.8, 4) is 16.9 Å². The normalized spacial score (nSPS) is 10.6. The second kappa shape index (κ2) is 9.84. The predicted octanol–water partition coefficient (Wildman–Crippen LogP) is 5.21. The van der Waals surface area contributed by atoms with Gasteiger partial charge in [-0.05, 0) is 49.7 Å². The van der Waals surface area contributed by atoms with Gasteiger partial charge in [-0.1, -0.05) is 30.3 Å². The van der Waals surface area contributed by atoms with E-state index in [4.69, 9.17) is 9.47 Å². The highest BCUT2D eigenvalue weighted by atomic mass is 19.1. The zero-order valence-corrected chi connectivity index (χ0v) is 17.0. The minimum absolute atomic E-state index is 0.118. The summed E-state index contributed by atoms with van der Waals surface area (Å²) >= 11 is 0. The Hall–Kier alpha value is -3.74. The summed E-state index contributed by atoms with van der Waals surface area (Å²) in [4.78, 5) is 24.2. The summed E-state index contributed by atoms with van der Waals surface area (Å²) < 4.78 is 38.8. The van der Waals surface area contributed by atoms with Crippen LogP contribution in [0.25, 0.3) is 11.1 Å². The monoisotopic (exact) mass is 425 g/mol. The van der Waals surface area contributed by atoms with E-state index >= 15 is 0 Å². The number of amides is 1. The minimum Gasteiger partial charge on any atom is -0.482 e. The van der Waals surface area contributed by atoms with Crippen LogP contribution in [0.15, 0.2) is 66.7 Å². The van der Waals surface area contributed by atoms with Gasteiger partial charge in [0.1, 0.15) is 17.4 Å². The molecule has 0 aliphatic carbocycles. The van der Waals surface area contributed by atoms with Gasteiger partial charge in [0.15, 0.2) is 6.61 Å². The number of rotatable bonds is 7. The van der Waals surface area contributed by atoms with Crippen LogP contribution in [0.5, 0.6) is 5.75 Å². The molecule has 0 fully saturated rings. The van der Waals surface area contributed by atoms with E-state index in [1.54, 1.807) is 38.1 Å². The molecule has 0 aliphatic rings. The number of esters is 1. The summed E-state index contributed by atoms with van der Waals surface area (Å²) in [5.41, 5.74) is 0.618. The molecule has 0 saturated heterocycles. The highest BCUT2D eigenvalue weighted by Gasteiger charge is 2.17. The quantitative estimate of drug-likeness (QED) is 0.528. The van der Waals surface area contributed by atoms with Crippen LogP contribution in [0.4, 0.5) is 14.5 Å². The van der Waals surface area contributed by atoms with Gasteiger partial charge >= 0.3 is 5.97 Å². The predicted molar refractivity (Wildman–Crippen MR) is 113 cm³/mol. The summed E-state index contributed by atoms with van der Waals surface area (Å²) in [5, 5.41) is 2.60. The van der Waals surface area contributed by atoms with Crippen LogP contribution in [0.1, 0.15) is 24.2 Å². The molecule has 0 saturated carbocycles. The first-order valence-corrected chi connectivity index (χ1v) is 9.61. The van der Waals surface area contributed by atoms with E-state index in [-0.39, 0.29) is 23.8 Å². The summed E-state index contributed by atoms with van der Waals surface area (Å²) in [5.74, 6) is -2.10. The standard InChI is InChI=1S/C24H21F2NO4/c1-15(2)31-22(28)14-30-19-9-4-8-18(13-19)27-24(29)21-11-5-10-20(23(21)26)16-6-3-7-17(25)12-16/h3-13,15H,14H2,1-2H3,(H,27,29). The molecule has 160 valence electrons. The molecule has 3 aromatic carbocycles. The number of hydrogen-bond donors (Lipinski definition) is 1. The molecule has 3 rings (SSSR count). The number of carbonyl (C=O) groups is 2. The van der Waals surface area contributed by atoms with Gasteiger partial charge in [0.25, 0.3) is 5.91 Å². The molecule has 1 amide bonds. The first-order valence-electron chi connectivity index (χ1n) is 9.61. The van der Waals surface area contributed by atoms with Crippen molar-refractivity contribution < 1.29 is 27.8 Å². The Kier molecular flexibility index (Phi) is 6.97. The molecular weight excluding hydrogens is 404 g/mol. The molecular formula is C24H21F2NO4. The Balaban J connectivity index is 1.73. The molecule has 0 bridgehead atoms. The second-order valence-corrected chi connectivity index (χ2v) is 6.99. The molecule has 0 heterocycles. The van der Waals surface area contributed by atoms with Gasteiger partial charge in [-0.2, -0.15) is 0 Å². The number of nitrogens with one attached hydrogen (secondary N) is 1. The van der Waals surface area contributed by atoms with E-state index < -0.39 is 23.5 Å². The molecule has 1 N–H and O–H groups in total. The average Bonchev–Trinajstić information content (AvgIpc) is 2.72. The average molecular weight is 425 g/mol. The minimum atomic E-state index is -0.755. The zero-order valence-electron chi connectivity index (χ0n) is 17.0. The molecule has 0 unspecified atom stereocenters. The highest BCUT2D eigenvalue weighted by molar-refractivity contribution is 6.05. The molecule has 0 aliphatic heterocycles. The van der Waals surface area contributed by atoms with Crippen molar-refractivity contribution in [3.63, 3.8) is 0 Å². The van der Waals surface area contributed by atoms with Crippen LogP contribution >= 0.6 is 0 Å². The van der Waals surface area contributed by atoms with Gasteiger partial charge < -0.3 is 14.8 Å². The molecule has 0 atom stereocenters. The van der Waals surface area contributed by atoms with Crippen LogP contribution in [-0.2, 0) is 9.53 Å². The van der Waals surface area contributed by atoms with E-state index in [1.165, 1.54) is 42.5 Å². The summed E-state index contributed by atoms with van der Waals surface area (Å²) in [6, 6.07) is 16.2. The topological polar surface area (TPSA) is 64.6 Å². The number of benzene rings is 3. The van der Waals surface area contributed by atoms with E-state index in [0.717, 1.165) is 0 Å². The maximum absolute atomic E-state index is 15.0. The maximum Gasteiger partial charge on any atom is 0.344 e. The van der Waals surface area contributed by atoms with E-state index in [0.29, 0.717) is 17.0 Å². The number of carbonyl (C=O) groups excluding carboxylic acids is 2. The number of anilines is 1. The molecule has 3 aromatic rings. The summed E-state index contributed by atoms with van der Waals surface area (Å²) in [6.07, 6.45) is -0.250. The Morgan fingerprint density at radius 1 is 0.968 bits per heavy atom. The lowest BCUT2D eigenvalue weighted by Crippen LogP contribution is -2.19. The van der Waals surface area contributed by atoms with Crippen molar-refractivity contribution in [2.24, 2.45) is 0 Å². The van der Waals surface area contributed by atoms with Gasteiger partial charge in [0.05, 0.1) is 11.7 Å². The molecule has 7 heteroatoms. The smallest absolute Gasteiger partial charge is 0.344 e. The number of hydrogen-bond acceptors (Lipinski definition) is 4. The first kappa shape index (κ1) is 22.0. The fourth-order valence-electron chi connectivity index (χ4n) is 2.89. The van der Waals surface area contributed by atoms with E-state index in [2.05, 4.69) is 5.32 Å². The number of halogens is 2. The van der Waals surface area contributed by atoms with Crippen molar-refractivity contribution in [2.75, 3.05) is 11.9 Å². The van der Waals surface area contributed by atoms with Crippen LogP contribution in [0, 0.1) is 11.6 Å². The zero-order chi connectivity index (χ0) is 22.4. The Morgan fingerprint density at radius 2 is 1.71 bits per heavy atom. The molecule has 31 heavy (non-hydrogen) atoms. The summed E-state index contributed by atoms with van der Waals surface area (Å²) in [6.45, 7) is 3.19. The highest BCUT2D eigenvalue weighted by Crippen LogP contribution is 2.26. The molecule has 0 radical (unpaired) electrons. The van der Waals surface area contributed by atoms with Crippen molar-refractivity contribution in [2.45, 2.75) is 20.0 Å². The second-order valence-electron chi connectivity index (χ2n) is 6.99. The van der Waals surface area contributed by atoms with Crippen LogP contribution in [0.3, 0.4) is 0 Å². The third-order valence-corrected chi connectivity index (χ3v) is 4.19. The molecule has 0 spiro atoms. The van der Waals surface area contributed by atoms with E-state index in [1.807, 2.05) is 0 Å². The van der Waals surface area contributed by atoms with Crippen LogP contribution in [-0.4, -0.2) is 24.6 Å². The Bertz CT molecular complexity index is 1100. The first-order chi connectivity index (χ1) is 14.8. The third kappa shape index (κ3) is 5.88. The van der Waals surface area contributed by atoms with Gasteiger partial charge in [-0.15, -0.1) is 0 Å². The summed E-state index contributed by atoms with van der Waals surface area (Å²) in [7, 11) is 0. The molecule has 5 nitrogen and oxygen atoms in total. The Morgan fingerprint density at radius 3 is 2.45 bits per heavy atom. The SMILES string of the molecule is CC(C)OC(=O)COc1cccc(NC(=O)c2cccc(-c3cccc(F)c3)c2F)c1. The largest absolute Gasteiger partial charge is 0.482 e. The van der Waals surface area contributed by atoms with Crippen molar-refractivity contribution in [3.05, 3.63) is 83.9 Å². The lowest BCUT2D eigenvalue weighted by atomic mass is 10.0. The van der Waals surface area contributed by atoms with Crippen LogP contribution in [0.2, 0.25) is 0 Å². The molecule has 0 aromatic heterocycles. The van der Waals surface area contributed by atoms with Gasteiger partial charge in [0.2, 0.25) is 0 Å². The Labute approximate surface area is 178 Å². The van der Waals surface area contributed by atoms with Crippen molar-refractivity contribution >= 4 is 17.6 Å². The third-order valence-electron chi connectivity index (χ3n) is 4.19. The maximum atomic E-state index is 15.0. The van der Waals surface area contributed by atoms with Crippen LogP contribution < -0.4 is 10.1 Å². The van der Waals surface area contributed by atoms with Gasteiger partial charge in [0, 0.05) is 17.3 Å². The fraction of sp³-hybridized carbons (Fsp3) is 0.167. The van der Waals surface area contributed by atoms with Crippen molar-refractivity contribution in [1.29, 1.82) is 0 Å². The lowest BCUT2D eigenvalue weighted by molar-refractivity contribution is -0.149.